The smallest absolute Gasteiger partial charge is 0.407 e. The number of alkyl carbamates (subject to hydrolysis) is 1. The Balaban J connectivity index is 2.15. The monoisotopic (exact) mass is 214 g/mol. The average Bonchev–Trinajstić information content (AvgIpc) is 2.14. The van der Waals surface area contributed by atoms with Crippen molar-refractivity contribution in [2.24, 2.45) is 5.92 Å². The first-order chi connectivity index (χ1) is 6.97. The predicted octanol–water partition coefficient (Wildman–Crippen LogP) is 1.51. The van der Waals surface area contributed by atoms with Crippen molar-refractivity contribution in [1.29, 1.82) is 0 Å². The highest BCUT2D eigenvalue weighted by Crippen LogP contribution is 2.10. The third kappa shape index (κ3) is 5.62. The molecule has 2 N–H and O–H groups in total. The number of carbonyl (C=O) groups is 1. The van der Waals surface area contributed by atoms with E-state index in [2.05, 4.69) is 10.6 Å². The molecule has 0 aliphatic carbocycles. The zero-order valence-electron chi connectivity index (χ0n) is 9.93. The minimum atomic E-state index is -0.312. The first-order valence-corrected chi connectivity index (χ1v) is 5.63. The van der Waals surface area contributed by atoms with Gasteiger partial charge in [-0.15, -0.1) is 0 Å². The van der Waals surface area contributed by atoms with Gasteiger partial charge >= 0.3 is 6.09 Å². The largest absolute Gasteiger partial charge is 0.449 e. The van der Waals surface area contributed by atoms with E-state index in [1.807, 2.05) is 20.8 Å². The molecule has 88 valence electrons. The Morgan fingerprint density at radius 3 is 2.80 bits per heavy atom. The standard InChI is InChI=1S/C11H22N2O2/c1-11(2,3)13-10(14)15-8-9-5-4-6-12-7-9/h9,12H,4-8H2,1-3H3,(H,13,14). The van der Waals surface area contributed by atoms with E-state index in [1.54, 1.807) is 0 Å². The van der Waals surface area contributed by atoms with Crippen LogP contribution < -0.4 is 10.6 Å². The van der Waals surface area contributed by atoms with Crippen LogP contribution in [0.3, 0.4) is 0 Å². The number of ether oxygens (including phenoxy) is 1. The van der Waals surface area contributed by atoms with E-state index in [-0.39, 0.29) is 11.6 Å². The lowest BCUT2D eigenvalue weighted by Gasteiger charge is -2.24. The molecule has 0 radical (unpaired) electrons. The maximum absolute atomic E-state index is 11.3. The number of rotatable bonds is 2. The second-order valence-electron chi connectivity index (χ2n) is 5.19. The van der Waals surface area contributed by atoms with Gasteiger partial charge in [0.05, 0.1) is 6.61 Å². The van der Waals surface area contributed by atoms with Gasteiger partial charge in [0.1, 0.15) is 0 Å². The van der Waals surface area contributed by atoms with E-state index < -0.39 is 0 Å². The van der Waals surface area contributed by atoms with Gasteiger partial charge in [-0.2, -0.15) is 0 Å². The van der Waals surface area contributed by atoms with Crippen LogP contribution in [0.2, 0.25) is 0 Å². The molecule has 0 aromatic carbocycles. The molecule has 1 rings (SSSR count). The maximum Gasteiger partial charge on any atom is 0.407 e. The first kappa shape index (κ1) is 12.3. The summed E-state index contributed by atoms with van der Waals surface area (Å²) in [6.07, 6.45) is 2.01. The van der Waals surface area contributed by atoms with Gasteiger partial charge in [0, 0.05) is 18.0 Å². The van der Waals surface area contributed by atoms with E-state index >= 15 is 0 Å². The lowest BCUT2D eigenvalue weighted by molar-refractivity contribution is 0.112. The van der Waals surface area contributed by atoms with Crippen molar-refractivity contribution in [2.75, 3.05) is 19.7 Å². The molecule has 0 spiro atoms. The van der Waals surface area contributed by atoms with Gasteiger partial charge in [-0.05, 0) is 40.2 Å². The van der Waals surface area contributed by atoms with Crippen molar-refractivity contribution in [3.05, 3.63) is 0 Å². The summed E-state index contributed by atoms with van der Waals surface area (Å²) in [5.74, 6) is 0.476. The van der Waals surface area contributed by atoms with Gasteiger partial charge in [-0.25, -0.2) is 4.79 Å². The van der Waals surface area contributed by atoms with E-state index in [0.717, 1.165) is 19.5 Å². The van der Waals surface area contributed by atoms with Crippen molar-refractivity contribution in [1.82, 2.24) is 10.6 Å². The fraction of sp³-hybridized carbons (Fsp3) is 0.909. The van der Waals surface area contributed by atoms with Crippen LogP contribution in [0.1, 0.15) is 33.6 Å². The van der Waals surface area contributed by atoms with Gasteiger partial charge in [-0.3, -0.25) is 0 Å². The van der Waals surface area contributed by atoms with Gasteiger partial charge in [0.15, 0.2) is 0 Å². The number of nitrogens with one attached hydrogen (secondary N) is 2. The highest BCUT2D eigenvalue weighted by atomic mass is 16.5. The molecule has 4 nitrogen and oxygen atoms in total. The van der Waals surface area contributed by atoms with E-state index in [9.17, 15) is 4.79 Å². The van der Waals surface area contributed by atoms with Crippen LogP contribution in [0.4, 0.5) is 4.79 Å². The minimum absolute atomic E-state index is 0.220. The minimum Gasteiger partial charge on any atom is -0.449 e. The van der Waals surface area contributed by atoms with Crippen molar-refractivity contribution >= 4 is 6.09 Å². The molecule has 1 saturated heterocycles. The fourth-order valence-electron chi connectivity index (χ4n) is 1.60. The highest BCUT2D eigenvalue weighted by Gasteiger charge is 2.18. The molecule has 1 heterocycles. The molecule has 0 bridgehead atoms. The van der Waals surface area contributed by atoms with Crippen LogP contribution in [-0.4, -0.2) is 31.3 Å². The third-order valence-corrected chi connectivity index (χ3v) is 2.33. The summed E-state index contributed by atoms with van der Waals surface area (Å²) >= 11 is 0. The van der Waals surface area contributed by atoms with Crippen molar-refractivity contribution in [2.45, 2.75) is 39.2 Å². The summed E-state index contributed by atoms with van der Waals surface area (Å²) in [6, 6.07) is 0. The molecule has 0 saturated carbocycles. The Morgan fingerprint density at radius 1 is 1.53 bits per heavy atom. The number of hydrogen-bond donors (Lipinski definition) is 2. The van der Waals surface area contributed by atoms with E-state index in [1.165, 1.54) is 6.42 Å². The van der Waals surface area contributed by atoms with Gasteiger partial charge < -0.3 is 15.4 Å². The molecule has 1 aliphatic rings. The van der Waals surface area contributed by atoms with Crippen molar-refractivity contribution in [3.63, 3.8) is 0 Å². The summed E-state index contributed by atoms with van der Waals surface area (Å²) in [4.78, 5) is 11.3. The molecule has 15 heavy (non-hydrogen) atoms. The Morgan fingerprint density at radius 2 is 2.27 bits per heavy atom. The van der Waals surface area contributed by atoms with Gasteiger partial charge in [-0.1, -0.05) is 0 Å². The number of hydrogen-bond acceptors (Lipinski definition) is 3. The van der Waals surface area contributed by atoms with Crippen LogP contribution >= 0.6 is 0 Å². The molecule has 1 aliphatic heterocycles. The van der Waals surface area contributed by atoms with Gasteiger partial charge in [0.2, 0.25) is 0 Å². The Labute approximate surface area is 91.8 Å². The molecule has 0 aromatic heterocycles. The Bertz CT molecular complexity index is 205. The van der Waals surface area contributed by atoms with Crippen LogP contribution in [0.25, 0.3) is 0 Å². The van der Waals surface area contributed by atoms with Crippen LogP contribution in [0.15, 0.2) is 0 Å². The SMILES string of the molecule is CC(C)(C)NC(=O)OCC1CCCNC1. The topological polar surface area (TPSA) is 50.4 Å². The van der Waals surface area contributed by atoms with Crippen LogP contribution in [-0.2, 0) is 4.74 Å². The molecule has 4 heteroatoms. The number of amides is 1. The average molecular weight is 214 g/mol. The fourth-order valence-corrected chi connectivity index (χ4v) is 1.60. The maximum atomic E-state index is 11.3. The van der Waals surface area contributed by atoms with Crippen LogP contribution in [0, 0.1) is 5.92 Å². The van der Waals surface area contributed by atoms with Crippen LogP contribution in [0.5, 0.6) is 0 Å². The Hall–Kier alpha value is -0.770. The lowest BCUT2D eigenvalue weighted by Crippen LogP contribution is -2.42. The van der Waals surface area contributed by atoms with E-state index in [0.29, 0.717) is 12.5 Å². The normalized spacial score (nSPS) is 22.2. The Kier molecular flexibility index (Phi) is 4.39. The summed E-state index contributed by atoms with van der Waals surface area (Å²) in [5.41, 5.74) is -0.220. The third-order valence-electron chi connectivity index (χ3n) is 2.33. The lowest BCUT2D eigenvalue weighted by atomic mass is 10.0. The number of carbonyl (C=O) groups excluding carboxylic acids is 1. The summed E-state index contributed by atoms with van der Waals surface area (Å²) < 4.78 is 5.17. The van der Waals surface area contributed by atoms with Crippen molar-refractivity contribution < 1.29 is 9.53 Å². The number of piperidine rings is 1. The second-order valence-corrected chi connectivity index (χ2v) is 5.19. The van der Waals surface area contributed by atoms with Gasteiger partial charge in [0.25, 0.3) is 0 Å². The zero-order chi connectivity index (χ0) is 11.3. The summed E-state index contributed by atoms with van der Waals surface area (Å²) in [5, 5.41) is 6.07. The molecular formula is C11H22N2O2. The van der Waals surface area contributed by atoms with Crippen molar-refractivity contribution in [3.8, 4) is 0 Å². The molecule has 0 aromatic rings. The second kappa shape index (κ2) is 5.35. The first-order valence-electron chi connectivity index (χ1n) is 5.63. The highest BCUT2D eigenvalue weighted by molar-refractivity contribution is 5.68. The molecular weight excluding hydrogens is 192 g/mol. The summed E-state index contributed by atoms with van der Waals surface area (Å²) in [7, 11) is 0. The quantitative estimate of drug-likeness (QED) is 0.732. The predicted molar refractivity (Wildman–Crippen MR) is 59.8 cm³/mol. The summed E-state index contributed by atoms with van der Waals surface area (Å²) in [6.45, 7) is 8.39. The molecule has 1 fully saturated rings. The van der Waals surface area contributed by atoms with E-state index in [4.69, 9.17) is 4.74 Å². The zero-order valence-corrected chi connectivity index (χ0v) is 9.93. The molecule has 1 atom stereocenters. The molecule has 1 amide bonds. The molecule has 1 unspecified atom stereocenters.